The summed E-state index contributed by atoms with van der Waals surface area (Å²) >= 11 is 1.53. The van der Waals surface area contributed by atoms with Crippen molar-refractivity contribution in [1.82, 2.24) is 0 Å². The van der Waals surface area contributed by atoms with E-state index in [0.717, 1.165) is 21.9 Å². The van der Waals surface area contributed by atoms with Crippen LogP contribution in [-0.2, 0) is 9.84 Å². The molecule has 0 bridgehead atoms. The van der Waals surface area contributed by atoms with E-state index in [1.165, 1.54) is 50.2 Å². The van der Waals surface area contributed by atoms with E-state index in [-0.39, 0.29) is 40.1 Å². The largest absolute Gasteiger partial charge is 0.490 e. The summed E-state index contributed by atoms with van der Waals surface area (Å²) in [5.74, 6) is 0.188. The first-order chi connectivity index (χ1) is 18.2. The minimum atomic E-state index is -3.72. The molecule has 10 nitrogen and oxygen atoms in total. The standard InChI is InChI=1S/C13H11NO5S.C13H11NO3S.CH4/c1-19-13-9-11(7-8-12(13)14(15)16)20(17,18)10-5-3-2-4-6-10;1-17-13-9-11(7-8-12(13)14(15)16)18-10-5-3-2-4-6-10;/h2-9H,1H3;2-9H,1H3;1H4. The van der Waals surface area contributed by atoms with Crippen molar-refractivity contribution in [2.75, 3.05) is 14.2 Å². The van der Waals surface area contributed by atoms with Crippen LogP contribution in [-0.4, -0.2) is 32.5 Å². The molecule has 0 aliphatic heterocycles. The van der Waals surface area contributed by atoms with Crippen LogP contribution in [0.15, 0.2) is 117 Å². The lowest BCUT2D eigenvalue weighted by Crippen LogP contribution is -2.03. The van der Waals surface area contributed by atoms with Crippen LogP contribution in [0, 0.1) is 20.2 Å². The fourth-order valence-corrected chi connectivity index (χ4v) is 5.37. The highest BCUT2D eigenvalue weighted by Gasteiger charge is 2.22. The maximum absolute atomic E-state index is 12.4. The molecular formula is C27H26N2O8S2. The molecule has 0 spiro atoms. The minimum Gasteiger partial charge on any atom is -0.490 e. The summed E-state index contributed by atoms with van der Waals surface area (Å²) in [6, 6.07) is 26.0. The second kappa shape index (κ2) is 13.9. The number of ether oxygens (including phenoxy) is 2. The Morgan fingerprint density at radius 1 is 0.641 bits per heavy atom. The summed E-state index contributed by atoms with van der Waals surface area (Å²) in [6.07, 6.45) is 0. The molecule has 0 aromatic heterocycles. The Kier molecular flexibility index (Phi) is 11.0. The minimum absolute atomic E-state index is 0. The van der Waals surface area contributed by atoms with Gasteiger partial charge in [0.2, 0.25) is 9.84 Å². The van der Waals surface area contributed by atoms with Crippen molar-refractivity contribution in [2.45, 2.75) is 27.0 Å². The molecule has 4 rings (SSSR count). The maximum Gasteiger partial charge on any atom is 0.310 e. The zero-order valence-electron chi connectivity index (χ0n) is 20.2. The monoisotopic (exact) mass is 570 g/mol. The van der Waals surface area contributed by atoms with E-state index in [1.807, 2.05) is 30.3 Å². The molecule has 0 fully saturated rings. The quantitative estimate of drug-likeness (QED) is 0.165. The molecule has 0 radical (unpaired) electrons. The number of benzene rings is 4. The van der Waals surface area contributed by atoms with E-state index in [0.29, 0.717) is 0 Å². The van der Waals surface area contributed by atoms with E-state index in [2.05, 4.69) is 0 Å². The van der Waals surface area contributed by atoms with E-state index < -0.39 is 19.7 Å². The lowest BCUT2D eigenvalue weighted by atomic mass is 10.3. The maximum atomic E-state index is 12.4. The second-order valence-electron chi connectivity index (χ2n) is 7.41. The average Bonchev–Trinajstić information content (AvgIpc) is 2.93. The molecule has 4 aromatic rings. The number of hydrogen-bond donors (Lipinski definition) is 0. The first-order valence-electron chi connectivity index (χ1n) is 10.8. The third kappa shape index (κ3) is 7.79. The van der Waals surface area contributed by atoms with Gasteiger partial charge in [0.1, 0.15) is 0 Å². The summed E-state index contributed by atoms with van der Waals surface area (Å²) in [7, 11) is -1.04. The Morgan fingerprint density at radius 3 is 1.64 bits per heavy atom. The molecule has 0 heterocycles. The van der Waals surface area contributed by atoms with Gasteiger partial charge in [0.15, 0.2) is 11.5 Å². The summed E-state index contributed by atoms with van der Waals surface area (Å²) in [5.41, 5.74) is -0.297. The van der Waals surface area contributed by atoms with Crippen LogP contribution in [0.1, 0.15) is 7.43 Å². The molecule has 204 valence electrons. The van der Waals surface area contributed by atoms with Crippen molar-refractivity contribution >= 4 is 33.0 Å². The van der Waals surface area contributed by atoms with Crippen LogP contribution in [0.3, 0.4) is 0 Å². The number of methoxy groups -OCH3 is 2. The van der Waals surface area contributed by atoms with Crippen molar-refractivity contribution in [3.8, 4) is 11.5 Å². The number of nitro benzene ring substituents is 2. The third-order valence-corrected chi connectivity index (χ3v) is 7.80. The lowest BCUT2D eigenvalue weighted by Gasteiger charge is -2.07. The van der Waals surface area contributed by atoms with E-state index in [9.17, 15) is 28.6 Å². The zero-order chi connectivity index (χ0) is 27.7. The van der Waals surface area contributed by atoms with Gasteiger partial charge >= 0.3 is 11.4 Å². The summed E-state index contributed by atoms with van der Waals surface area (Å²) in [6.45, 7) is 0. The van der Waals surface area contributed by atoms with E-state index >= 15 is 0 Å². The Hall–Kier alpha value is -4.42. The Balaban J connectivity index is 0.000000268. The number of nitro groups is 2. The topological polar surface area (TPSA) is 139 Å². The fourth-order valence-electron chi connectivity index (χ4n) is 3.21. The van der Waals surface area contributed by atoms with Gasteiger partial charge in [-0.2, -0.15) is 0 Å². The van der Waals surface area contributed by atoms with Gasteiger partial charge in [-0.25, -0.2) is 8.42 Å². The Bertz CT molecular complexity index is 1530. The molecule has 4 aromatic carbocycles. The zero-order valence-corrected chi connectivity index (χ0v) is 21.8. The Morgan fingerprint density at radius 2 is 1.13 bits per heavy atom. The molecule has 0 unspecified atom stereocenters. The van der Waals surface area contributed by atoms with Gasteiger partial charge in [0.05, 0.1) is 33.9 Å². The van der Waals surface area contributed by atoms with Gasteiger partial charge in [-0.1, -0.05) is 55.6 Å². The molecule has 0 aliphatic rings. The van der Waals surface area contributed by atoms with Gasteiger partial charge in [0, 0.05) is 34.1 Å². The number of rotatable bonds is 8. The Labute approximate surface area is 230 Å². The lowest BCUT2D eigenvalue weighted by molar-refractivity contribution is -0.385. The molecule has 0 saturated heterocycles. The second-order valence-corrected chi connectivity index (χ2v) is 10.5. The molecule has 12 heteroatoms. The van der Waals surface area contributed by atoms with Crippen molar-refractivity contribution in [3.63, 3.8) is 0 Å². The van der Waals surface area contributed by atoms with Crippen molar-refractivity contribution in [1.29, 1.82) is 0 Å². The smallest absolute Gasteiger partial charge is 0.310 e. The van der Waals surface area contributed by atoms with Gasteiger partial charge in [-0.05, 0) is 36.4 Å². The van der Waals surface area contributed by atoms with Crippen LogP contribution in [0.2, 0.25) is 0 Å². The van der Waals surface area contributed by atoms with Crippen molar-refractivity contribution < 1.29 is 27.7 Å². The summed E-state index contributed by atoms with van der Waals surface area (Å²) in [5, 5.41) is 21.6. The highest BCUT2D eigenvalue weighted by molar-refractivity contribution is 7.99. The molecule has 39 heavy (non-hydrogen) atoms. The number of nitrogens with zero attached hydrogens (tertiary/aromatic N) is 2. The van der Waals surface area contributed by atoms with Crippen molar-refractivity contribution in [3.05, 3.63) is 117 Å². The van der Waals surface area contributed by atoms with Crippen LogP contribution in [0.5, 0.6) is 11.5 Å². The normalized spacial score (nSPS) is 10.3. The molecule has 0 atom stereocenters. The van der Waals surface area contributed by atoms with Gasteiger partial charge in [-0.15, -0.1) is 0 Å². The summed E-state index contributed by atoms with van der Waals surface area (Å²) < 4.78 is 34.6. The molecule has 0 saturated carbocycles. The summed E-state index contributed by atoms with van der Waals surface area (Å²) in [4.78, 5) is 22.5. The van der Waals surface area contributed by atoms with Crippen LogP contribution >= 0.6 is 11.8 Å². The highest BCUT2D eigenvalue weighted by Crippen LogP contribution is 2.35. The van der Waals surface area contributed by atoms with Gasteiger partial charge in [0.25, 0.3) is 0 Å². The first kappa shape index (κ1) is 30.8. The fraction of sp³-hybridized carbons (Fsp3) is 0.111. The average molecular weight is 571 g/mol. The highest BCUT2D eigenvalue weighted by atomic mass is 32.2. The number of sulfone groups is 1. The van der Waals surface area contributed by atoms with Crippen molar-refractivity contribution in [2.24, 2.45) is 0 Å². The van der Waals surface area contributed by atoms with Crippen LogP contribution < -0.4 is 9.47 Å². The van der Waals surface area contributed by atoms with Gasteiger partial charge in [-0.3, -0.25) is 20.2 Å². The van der Waals surface area contributed by atoms with Crippen LogP contribution in [0.4, 0.5) is 11.4 Å². The van der Waals surface area contributed by atoms with Gasteiger partial charge < -0.3 is 9.47 Å². The number of hydrogen-bond acceptors (Lipinski definition) is 9. The van der Waals surface area contributed by atoms with E-state index in [1.54, 1.807) is 30.3 Å². The predicted molar refractivity (Wildman–Crippen MR) is 148 cm³/mol. The third-order valence-electron chi connectivity index (χ3n) is 5.04. The molecule has 0 aliphatic carbocycles. The SMILES string of the molecule is C.COc1cc(S(=O)(=O)c2ccccc2)ccc1[N+](=O)[O-].COc1cc(Sc2ccccc2)ccc1[N+](=O)[O-]. The molecule has 0 amide bonds. The van der Waals surface area contributed by atoms with E-state index in [4.69, 9.17) is 9.47 Å². The molecule has 0 N–H and O–H groups in total. The predicted octanol–water partition coefficient (Wildman–Crippen LogP) is 6.83. The first-order valence-corrected chi connectivity index (χ1v) is 13.1. The van der Waals surface area contributed by atoms with Crippen LogP contribution in [0.25, 0.3) is 0 Å². The molecular weight excluding hydrogens is 544 g/mol.